The maximum atomic E-state index is 12.9. The monoisotopic (exact) mass is 376 g/mol. The minimum atomic E-state index is -0.216. The highest BCUT2D eigenvalue weighted by Gasteiger charge is 2.28. The number of aryl methyl sites for hydroxylation is 1. The number of fused-ring (bicyclic) bond motifs is 1. The Labute approximate surface area is 163 Å². The van der Waals surface area contributed by atoms with Gasteiger partial charge < -0.3 is 10.2 Å². The fourth-order valence-electron chi connectivity index (χ4n) is 4.00. The Hall–Kier alpha value is -2.96. The molecule has 144 valence electrons. The van der Waals surface area contributed by atoms with Crippen molar-refractivity contribution in [1.82, 2.24) is 19.7 Å². The van der Waals surface area contributed by atoms with E-state index in [9.17, 15) is 4.79 Å². The van der Waals surface area contributed by atoms with Crippen LogP contribution in [0.1, 0.15) is 48.2 Å². The van der Waals surface area contributed by atoms with E-state index in [4.69, 9.17) is 0 Å². The Bertz CT molecular complexity index is 1050. The minimum Gasteiger partial charge on any atom is -0.355 e. The Morgan fingerprint density at radius 1 is 1.21 bits per heavy atom. The largest absolute Gasteiger partial charge is 0.355 e. The second-order valence-corrected chi connectivity index (χ2v) is 8.13. The molecule has 2 aromatic heterocycles. The number of carbonyl (C=O) groups is 1. The van der Waals surface area contributed by atoms with Gasteiger partial charge in [-0.1, -0.05) is 6.92 Å². The molecule has 7 nitrogen and oxygen atoms in total. The Morgan fingerprint density at radius 3 is 2.82 bits per heavy atom. The highest BCUT2D eigenvalue weighted by atomic mass is 16.1. The first-order chi connectivity index (χ1) is 13.6. The smallest absolute Gasteiger partial charge is 0.275 e. The van der Waals surface area contributed by atoms with E-state index in [1.54, 1.807) is 10.9 Å². The molecule has 3 heterocycles. The van der Waals surface area contributed by atoms with E-state index >= 15 is 0 Å². The SMILES string of the molecule is CC1CCN(c2cncc(C(=O)Nc3cc4cn(C)nc4cc3C3CC3)n2)C1. The van der Waals surface area contributed by atoms with Gasteiger partial charge in [-0.15, -0.1) is 0 Å². The number of anilines is 2. The van der Waals surface area contributed by atoms with E-state index in [1.807, 2.05) is 19.3 Å². The van der Waals surface area contributed by atoms with Crippen molar-refractivity contribution in [1.29, 1.82) is 0 Å². The van der Waals surface area contributed by atoms with Crippen LogP contribution in [0.2, 0.25) is 0 Å². The summed E-state index contributed by atoms with van der Waals surface area (Å²) in [7, 11) is 1.91. The lowest BCUT2D eigenvalue weighted by Gasteiger charge is -2.17. The van der Waals surface area contributed by atoms with E-state index in [2.05, 4.69) is 38.3 Å². The lowest BCUT2D eigenvalue weighted by molar-refractivity contribution is 0.102. The zero-order valence-corrected chi connectivity index (χ0v) is 16.2. The van der Waals surface area contributed by atoms with Crippen LogP contribution in [-0.4, -0.2) is 38.7 Å². The van der Waals surface area contributed by atoms with Gasteiger partial charge in [0.15, 0.2) is 0 Å². The van der Waals surface area contributed by atoms with Crippen LogP contribution in [0.25, 0.3) is 10.9 Å². The van der Waals surface area contributed by atoms with Crippen LogP contribution < -0.4 is 10.2 Å². The average molecular weight is 376 g/mol. The summed E-state index contributed by atoms with van der Waals surface area (Å²) >= 11 is 0. The second kappa shape index (κ2) is 6.58. The standard InChI is InChI=1S/C21H24N6O/c1-13-5-6-27(11-13)20-10-22-9-19(23-20)21(28)24-18-7-15-12-26(2)25-17(15)8-16(18)14-3-4-14/h7-10,12-14H,3-6,11H2,1-2H3,(H,24,28). The number of benzene rings is 1. The molecule has 1 unspecified atom stereocenters. The van der Waals surface area contributed by atoms with Gasteiger partial charge in [-0.3, -0.25) is 14.5 Å². The molecule has 0 bridgehead atoms. The van der Waals surface area contributed by atoms with Crippen molar-refractivity contribution in [3.8, 4) is 0 Å². The summed E-state index contributed by atoms with van der Waals surface area (Å²) in [5, 5.41) is 8.60. The fraction of sp³-hybridized carbons (Fsp3) is 0.429. The molecule has 2 aliphatic rings. The predicted octanol–water partition coefficient (Wildman–Crippen LogP) is 3.34. The average Bonchev–Trinajstić information content (AvgIpc) is 3.33. The van der Waals surface area contributed by atoms with E-state index in [1.165, 1.54) is 6.20 Å². The highest BCUT2D eigenvalue weighted by molar-refractivity contribution is 6.04. The molecule has 1 aliphatic carbocycles. The molecule has 28 heavy (non-hydrogen) atoms. The summed E-state index contributed by atoms with van der Waals surface area (Å²) < 4.78 is 1.80. The molecule has 7 heteroatoms. The van der Waals surface area contributed by atoms with Crippen LogP contribution in [0.5, 0.6) is 0 Å². The van der Waals surface area contributed by atoms with Crippen molar-refractivity contribution >= 4 is 28.3 Å². The van der Waals surface area contributed by atoms with E-state index in [-0.39, 0.29) is 5.91 Å². The van der Waals surface area contributed by atoms with Gasteiger partial charge in [0.05, 0.1) is 17.9 Å². The number of nitrogens with one attached hydrogen (secondary N) is 1. The molecule has 1 N–H and O–H groups in total. The summed E-state index contributed by atoms with van der Waals surface area (Å²) in [5.41, 5.74) is 3.34. The Balaban J connectivity index is 1.43. The summed E-state index contributed by atoms with van der Waals surface area (Å²) in [4.78, 5) is 24.0. The van der Waals surface area contributed by atoms with Crippen molar-refractivity contribution in [2.75, 3.05) is 23.3 Å². The summed E-state index contributed by atoms with van der Waals surface area (Å²) in [6.45, 7) is 4.16. The molecule has 1 aromatic carbocycles. The molecule has 1 atom stereocenters. The lowest BCUT2D eigenvalue weighted by Crippen LogP contribution is -2.22. The first-order valence-electron chi connectivity index (χ1n) is 9.92. The summed E-state index contributed by atoms with van der Waals surface area (Å²) in [5.74, 6) is 1.71. The quantitative estimate of drug-likeness (QED) is 0.756. The summed E-state index contributed by atoms with van der Waals surface area (Å²) in [6, 6.07) is 4.13. The molecule has 1 saturated carbocycles. The maximum Gasteiger partial charge on any atom is 0.275 e. The Kier molecular flexibility index (Phi) is 4.03. The van der Waals surface area contributed by atoms with Crippen LogP contribution in [0.15, 0.2) is 30.7 Å². The molecule has 0 radical (unpaired) electrons. The van der Waals surface area contributed by atoms with Gasteiger partial charge in [-0.05, 0) is 48.8 Å². The minimum absolute atomic E-state index is 0.216. The van der Waals surface area contributed by atoms with Crippen molar-refractivity contribution < 1.29 is 4.79 Å². The number of rotatable bonds is 4. The first kappa shape index (κ1) is 17.2. The van der Waals surface area contributed by atoms with E-state index in [0.29, 0.717) is 17.5 Å². The number of amides is 1. The van der Waals surface area contributed by atoms with Crippen molar-refractivity contribution in [2.24, 2.45) is 13.0 Å². The molecular weight excluding hydrogens is 352 g/mol. The third-order valence-electron chi connectivity index (χ3n) is 5.66. The fourth-order valence-corrected chi connectivity index (χ4v) is 4.00. The lowest BCUT2D eigenvalue weighted by atomic mass is 10.1. The van der Waals surface area contributed by atoms with Crippen molar-refractivity contribution in [2.45, 2.75) is 32.1 Å². The van der Waals surface area contributed by atoms with E-state index < -0.39 is 0 Å². The second-order valence-electron chi connectivity index (χ2n) is 8.13. The van der Waals surface area contributed by atoms with Gasteiger partial charge >= 0.3 is 0 Å². The van der Waals surface area contributed by atoms with Crippen LogP contribution >= 0.6 is 0 Å². The van der Waals surface area contributed by atoms with Gasteiger partial charge in [-0.25, -0.2) is 4.98 Å². The molecule has 5 rings (SSSR count). The maximum absolute atomic E-state index is 12.9. The highest BCUT2D eigenvalue weighted by Crippen LogP contribution is 2.44. The van der Waals surface area contributed by atoms with Gasteiger partial charge in [0.25, 0.3) is 5.91 Å². The number of aromatic nitrogens is 4. The molecule has 1 saturated heterocycles. The number of nitrogens with zero attached hydrogens (tertiary/aromatic N) is 5. The third kappa shape index (κ3) is 3.21. The predicted molar refractivity (Wildman–Crippen MR) is 109 cm³/mol. The zero-order chi connectivity index (χ0) is 19.3. The van der Waals surface area contributed by atoms with Crippen molar-refractivity contribution in [3.05, 3.63) is 42.0 Å². The first-order valence-corrected chi connectivity index (χ1v) is 9.92. The molecule has 1 aliphatic heterocycles. The molecule has 2 fully saturated rings. The number of hydrogen-bond acceptors (Lipinski definition) is 5. The van der Waals surface area contributed by atoms with Crippen LogP contribution in [0.3, 0.4) is 0 Å². The number of carbonyl (C=O) groups excluding carboxylic acids is 1. The van der Waals surface area contributed by atoms with Crippen LogP contribution in [0, 0.1) is 5.92 Å². The van der Waals surface area contributed by atoms with E-state index in [0.717, 1.165) is 60.3 Å². The van der Waals surface area contributed by atoms with Crippen LogP contribution in [0.4, 0.5) is 11.5 Å². The van der Waals surface area contributed by atoms with Gasteiger partial charge in [0.1, 0.15) is 11.5 Å². The molecule has 0 spiro atoms. The number of hydrogen-bond donors (Lipinski definition) is 1. The molecular formula is C21H24N6O. The molecule has 3 aromatic rings. The van der Waals surface area contributed by atoms with Gasteiger partial charge in [0, 0.05) is 37.4 Å². The normalized spacial score (nSPS) is 19.4. The van der Waals surface area contributed by atoms with Gasteiger partial charge in [-0.2, -0.15) is 5.10 Å². The van der Waals surface area contributed by atoms with Crippen LogP contribution in [-0.2, 0) is 7.05 Å². The Morgan fingerprint density at radius 2 is 2.07 bits per heavy atom. The topological polar surface area (TPSA) is 75.9 Å². The molecule has 1 amide bonds. The third-order valence-corrected chi connectivity index (χ3v) is 5.66. The van der Waals surface area contributed by atoms with Gasteiger partial charge in [0.2, 0.25) is 0 Å². The van der Waals surface area contributed by atoms with Crippen molar-refractivity contribution in [3.63, 3.8) is 0 Å². The summed E-state index contributed by atoms with van der Waals surface area (Å²) in [6.07, 6.45) is 8.71. The zero-order valence-electron chi connectivity index (χ0n) is 16.2.